The first-order chi connectivity index (χ1) is 14.6. The van der Waals surface area contributed by atoms with Crippen molar-refractivity contribution in [1.29, 1.82) is 0 Å². The Morgan fingerprint density at radius 1 is 0.677 bits per heavy atom. The van der Waals surface area contributed by atoms with E-state index in [2.05, 4.69) is 101 Å². The fraction of sp³-hybridized carbons (Fsp3) is 0.517. The van der Waals surface area contributed by atoms with E-state index in [9.17, 15) is 0 Å². The lowest BCUT2D eigenvalue weighted by atomic mass is 9.89. The molecule has 1 fully saturated rings. The highest BCUT2D eigenvalue weighted by Gasteiger charge is 2.29. The van der Waals surface area contributed by atoms with Gasteiger partial charge >= 0.3 is 0 Å². The van der Waals surface area contributed by atoms with E-state index in [0.29, 0.717) is 23.7 Å². The van der Waals surface area contributed by atoms with Gasteiger partial charge in [-0.25, -0.2) is 0 Å². The van der Waals surface area contributed by atoms with Gasteiger partial charge in [-0.15, -0.1) is 6.42 Å². The number of rotatable bonds is 6. The van der Waals surface area contributed by atoms with E-state index in [1.807, 2.05) is 0 Å². The average molecular weight is 417 g/mol. The Kier molecular flexibility index (Phi) is 7.05. The van der Waals surface area contributed by atoms with Crippen LogP contribution in [-0.4, -0.2) is 19.8 Å². The second-order valence-corrected chi connectivity index (χ2v) is 10.2. The number of benzene rings is 2. The molecule has 2 aromatic carbocycles. The smallest absolute Gasteiger partial charge is 0.0904 e. The van der Waals surface area contributed by atoms with Crippen molar-refractivity contribution >= 4 is 11.4 Å². The minimum absolute atomic E-state index is 0.434. The zero-order chi connectivity index (χ0) is 22.9. The van der Waals surface area contributed by atoms with Gasteiger partial charge < -0.3 is 9.80 Å². The van der Waals surface area contributed by atoms with Crippen LogP contribution in [0, 0.1) is 12.3 Å². The maximum absolute atomic E-state index is 5.81. The number of hydrogen-bond acceptors (Lipinski definition) is 2. The maximum Gasteiger partial charge on any atom is 0.0904 e. The molecule has 1 aliphatic heterocycles. The molecule has 3 rings (SSSR count). The molecule has 0 N–H and O–H groups in total. The first-order valence-corrected chi connectivity index (χ1v) is 11.9. The zero-order valence-electron chi connectivity index (χ0n) is 20.8. The summed E-state index contributed by atoms with van der Waals surface area (Å²) in [5.41, 5.74) is 9.53. The van der Waals surface area contributed by atoms with Crippen LogP contribution in [0.5, 0.6) is 0 Å². The van der Waals surface area contributed by atoms with Crippen LogP contribution >= 0.6 is 0 Å². The van der Waals surface area contributed by atoms with Crippen molar-refractivity contribution in [2.24, 2.45) is 0 Å². The third kappa shape index (κ3) is 4.62. The number of terminal acetylenes is 1. The molecule has 0 atom stereocenters. The molecule has 0 unspecified atom stereocenters. The highest BCUT2D eigenvalue weighted by molar-refractivity contribution is 5.69. The first-order valence-electron chi connectivity index (χ1n) is 11.9. The fourth-order valence-electron chi connectivity index (χ4n) is 4.84. The van der Waals surface area contributed by atoms with Gasteiger partial charge in [0.05, 0.1) is 6.67 Å². The Labute approximate surface area is 190 Å². The molecule has 0 radical (unpaired) electrons. The Morgan fingerprint density at radius 3 is 1.42 bits per heavy atom. The van der Waals surface area contributed by atoms with Crippen molar-refractivity contribution in [3.63, 3.8) is 0 Å². The van der Waals surface area contributed by atoms with Gasteiger partial charge in [0.2, 0.25) is 0 Å². The van der Waals surface area contributed by atoms with E-state index in [0.717, 1.165) is 25.3 Å². The summed E-state index contributed by atoms with van der Waals surface area (Å²) in [7, 11) is 0. The fourth-order valence-corrected chi connectivity index (χ4v) is 4.84. The molecule has 0 bridgehead atoms. The molecule has 2 heteroatoms. The van der Waals surface area contributed by atoms with Crippen molar-refractivity contribution in [2.75, 3.05) is 29.6 Å². The monoisotopic (exact) mass is 416 g/mol. The van der Waals surface area contributed by atoms with Crippen LogP contribution in [0.4, 0.5) is 11.4 Å². The van der Waals surface area contributed by atoms with Crippen molar-refractivity contribution in [1.82, 2.24) is 0 Å². The Balaban J connectivity index is 2.08. The highest BCUT2D eigenvalue weighted by Crippen LogP contribution is 2.41. The molecule has 166 valence electrons. The predicted octanol–water partition coefficient (Wildman–Crippen LogP) is 7.45. The summed E-state index contributed by atoms with van der Waals surface area (Å²) in [5.74, 6) is 4.77. The lowest BCUT2D eigenvalue weighted by molar-refractivity contribution is 0.797. The van der Waals surface area contributed by atoms with Crippen LogP contribution in [0.2, 0.25) is 0 Å². The predicted molar refractivity (Wildman–Crippen MR) is 137 cm³/mol. The van der Waals surface area contributed by atoms with Crippen molar-refractivity contribution in [3.8, 4) is 12.3 Å². The molecular formula is C29H40N2. The van der Waals surface area contributed by atoms with E-state index in [1.165, 1.54) is 33.6 Å². The molecule has 31 heavy (non-hydrogen) atoms. The molecule has 0 amide bonds. The highest BCUT2D eigenvalue weighted by atomic mass is 15.4. The topological polar surface area (TPSA) is 6.48 Å². The summed E-state index contributed by atoms with van der Waals surface area (Å²) in [4.78, 5) is 5.19. The van der Waals surface area contributed by atoms with Crippen LogP contribution in [0.1, 0.15) is 107 Å². The standard InChI is InChI=1S/C29H40N2/c1-10-23-16-26(21(6)7)29(27(17-23)22(8)9)31-15-14-30(18-31)28-24(19(2)3)12-11-13-25(28)20(4)5/h1,11-13,16-17,19-22H,14-15,18H2,2-9H3. The van der Waals surface area contributed by atoms with E-state index in [1.54, 1.807) is 0 Å². The van der Waals surface area contributed by atoms with Gasteiger partial charge in [-0.3, -0.25) is 0 Å². The minimum Gasteiger partial charge on any atom is -0.352 e. The summed E-state index contributed by atoms with van der Waals surface area (Å²) in [6, 6.07) is 11.3. The van der Waals surface area contributed by atoms with Gasteiger partial charge in [-0.2, -0.15) is 0 Å². The molecule has 0 spiro atoms. The van der Waals surface area contributed by atoms with Crippen LogP contribution in [0.15, 0.2) is 30.3 Å². The van der Waals surface area contributed by atoms with E-state index < -0.39 is 0 Å². The lowest BCUT2D eigenvalue weighted by Crippen LogP contribution is -2.28. The summed E-state index contributed by atoms with van der Waals surface area (Å²) in [6.45, 7) is 21.4. The molecule has 0 saturated carbocycles. The van der Waals surface area contributed by atoms with Crippen molar-refractivity contribution in [3.05, 3.63) is 58.1 Å². The number of para-hydroxylation sites is 1. The Hall–Kier alpha value is -2.40. The average Bonchev–Trinajstić information content (AvgIpc) is 3.21. The van der Waals surface area contributed by atoms with Gasteiger partial charge in [0.25, 0.3) is 0 Å². The minimum atomic E-state index is 0.434. The van der Waals surface area contributed by atoms with Crippen LogP contribution in [-0.2, 0) is 0 Å². The van der Waals surface area contributed by atoms with Gasteiger partial charge in [0.15, 0.2) is 0 Å². The van der Waals surface area contributed by atoms with Crippen LogP contribution < -0.4 is 9.80 Å². The quantitative estimate of drug-likeness (QED) is 0.451. The molecule has 0 aromatic heterocycles. The van der Waals surface area contributed by atoms with Crippen molar-refractivity contribution < 1.29 is 0 Å². The van der Waals surface area contributed by atoms with E-state index >= 15 is 0 Å². The third-order valence-corrected chi connectivity index (χ3v) is 6.54. The second kappa shape index (κ2) is 9.39. The molecule has 0 aliphatic carbocycles. The lowest BCUT2D eigenvalue weighted by Gasteiger charge is -2.31. The molecule has 2 nitrogen and oxygen atoms in total. The van der Waals surface area contributed by atoms with E-state index in [-0.39, 0.29) is 0 Å². The van der Waals surface area contributed by atoms with Crippen molar-refractivity contribution in [2.45, 2.75) is 79.1 Å². The van der Waals surface area contributed by atoms with Gasteiger partial charge in [0, 0.05) is 30.0 Å². The van der Waals surface area contributed by atoms with Crippen LogP contribution in [0.25, 0.3) is 0 Å². The van der Waals surface area contributed by atoms with E-state index in [4.69, 9.17) is 6.42 Å². The normalized spacial score (nSPS) is 14.4. The van der Waals surface area contributed by atoms with Gasteiger partial charge in [-0.1, -0.05) is 79.5 Å². The number of hydrogen-bond donors (Lipinski definition) is 0. The largest absolute Gasteiger partial charge is 0.352 e. The third-order valence-electron chi connectivity index (χ3n) is 6.54. The number of anilines is 2. The summed E-state index contributed by atoms with van der Waals surface area (Å²) in [5, 5.41) is 0. The number of nitrogens with zero attached hydrogens (tertiary/aromatic N) is 2. The SMILES string of the molecule is C#Cc1cc(C(C)C)c(N2CCN(c3c(C(C)C)cccc3C(C)C)C2)c(C(C)C)c1. The van der Waals surface area contributed by atoms with Crippen LogP contribution in [0.3, 0.4) is 0 Å². The molecular weight excluding hydrogens is 376 g/mol. The maximum atomic E-state index is 5.81. The summed E-state index contributed by atoms with van der Waals surface area (Å²) in [6.07, 6.45) is 5.81. The Bertz CT molecular complexity index is 904. The molecule has 1 aliphatic rings. The second-order valence-electron chi connectivity index (χ2n) is 10.2. The van der Waals surface area contributed by atoms with Gasteiger partial charge in [0.1, 0.15) is 0 Å². The Morgan fingerprint density at radius 2 is 1.06 bits per heavy atom. The first kappa shape index (κ1) is 23.3. The van der Waals surface area contributed by atoms with Gasteiger partial charge in [-0.05, 0) is 58.1 Å². The summed E-state index contributed by atoms with van der Waals surface area (Å²) >= 11 is 0. The molecule has 1 saturated heterocycles. The zero-order valence-corrected chi connectivity index (χ0v) is 20.8. The summed E-state index contributed by atoms with van der Waals surface area (Å²) < 4.78 is 0. The molecule has 2 aromatic rings. The molecule has 1 heterocycles.